The molecule has 0 unspecified atom stereocenters. The Morgan fingerprint density at radius 1 is 1.31 bits per heavy atom. The van der Waals surface area contributed by atoms with Crippen molar-refractivity contribution in [3.8, 4) is 0 Å². The van der Waals surface area contributed by atoms with Gasteiger partial charge in [-0.2, -0.15) is 0 Å². The summed E-state index contributed by atoms with van der Waals surface area (Å²) >= 11 is 0. The first kappa shape index (κ1) is 7.77. The van der Waals surface area contributed by atoms with Crippen LogP contribution in [0.5, 0.6) is 0 Å². The van der Waals surface area contributed by atoms with Crippen LogP contribution in [0.15, 0.2) is 23.8 Å². The molecule has 13 heavy (non-hydrogen) atoms. The zero-order valence-corrected chi connectivity index (χ0v) is 7.43. The molecule has 0 amide bonds. The molecule has 0 aliphatic heterocycles. The fourth-order valence-corrected chi connectivity index (χ4v) is 3.32. The van der Waals surface area contributed by atoms with Crippen LogP contribution in [0.4, 0.5) is 0 Å². The summed E-state index contributed by atoms with van der Waals surface area (Å²) in [6.45, 7) is 0.0214. The maximum atomic E-state index is 9.92. The van der Waals surface area contributed by atoms with Gasteiger partial charge in [-0.05, 0) is 29.7 Å². The Bertz CT molecular complexity index is 292. The molecule has 0 aromatic heterocycles. The van der Waals surface area contributed by atoms with Crippen molar-refractivity contribution in [1.82, 2.24) is 0 Å². The number of allylic oxidation sites excluding steroid dienone is 3. The topological polar surface area (TPSA) is 40.5 Å². The molecular weight excluding hydrogens is 164 g/mol. The highest BCUT2D eigenvalue weighted by molar-refractivity contribution is 5.30. The van der Waals surface area contributed by atoms with E-state index in [2.05, 4.69) is 18.2 Å². The molecule has 3 aliphatic rings. The highest BCUT2D eigenvalue weighted by Crippen LogP contribution is 2.54. The Morgan fingerprint density at radius 2 is 2.08 bits per heavy atom. The minimum atomic E-state index is -0.380. The van der Waals surface area contributed by atoms with Crippen molar-refractivity contribution in [1.29, 1.82) is 0 Å². The van der Waals surface area contributed by atoms with E-state index < -0.39 is 0 Å². The number of hydrogen-bond acceptors (Lipinski definition) is 2. The summed E-state index contributed by atoms with van der Waals surface area (Å²) in [6.07, 6.45) is 7.44. The van der Waals surface area contributed by atoms with Crippen molar-refractivity contribution in [3.05, 3.63) is 23.8 Å². The third-order valence-electron chi connectivity index (χ3n) is 3.92. The van der Waals surface area contributed by atoms with Crippen molar-refractivity contribution < 1.29 is 10.2 Å². The van der Waals surface area contributed by atoms with Crippen LogP contribution in [-0.4, -0.2) is 22.9 Å². The highest BCUT2D eigenvalue weighted by Gasteiger charge is 2.50. The fourth-order valence-electron chi connectivity index (χ4n) is 3.32. The molecule has 0 spiro atoms. The molecule has 0 saturated heterocycles. The Morgan fingerprint density at radius 3 is 2.77 bits per heavy atom. The largest absolute Gasteiger partial charge is 0.392 e. The number of fused-ring (bicyclic) bond motifs is 5. The minimum Gasteiger partial charge on any atom is -0.392 e. The van der Waals surface area contributed by atoms with E-state index >= 15 is 0 Å². The van der Waals surface area contributed by atoms with E-state index in [1.54, 1.807) is 0 Å². The normalized spacial score (nSPS) is 51.2. The van der Waals surface area contributed by atoms with Gasteiger partial charge >= 0.3 is 0 Å². The number of aliphatic hydroxyl groups excluding tert-OH is 2. The standard InChI is InChI=1S/C11H14O2/c12-5-8-4-9-6-1-2-7(3-6)10(9)11(8)13/h1-2,4,6-7,9-13H,3,5H2/t6-,7+,9-,10+,11-/m1/s1. The molecule has 2 bridgehead atoms. The van der Waals surface area contributed by atoms with Gasteiger partial charge in [0.15, 0.2) is 0 Å². The Balaban J connectivity index is 1.95. The lowest BCUT2D eigenvalue weighted by atomic mass is 9.84. The summed E-state index contributed by atoms with van der Waals surface area (Å²) in [4.78, 5) is 0. The van der Waals surface area contributed by atoms with Gasteiger partial charge in [0.25, 0.3) is 0 Å². The lowest BCUT2D eigenvalue weighted by molar-refractivity contribution is 0.113. The van der Waals surface area contributed by atoms with E-state index in [9.17, 15) is 5.11 Å². The van der Waals surface area contributed by atoms with Crippen molar-refractivity contribution in [3.63, 3.8) is 0 Å². The molecule has 3 aliphatic carbocycles. The molecule has 0 aromatic carbocycles. The lowest BCUT2D eigenvalue weighted by Gasteiger charge is -2.23. The maximum absolute atomic E-state index is 9.92. The first-order valence-corrected chi connectivity index (χ1v) is 4.99. The summed E-state index contributed by atoms with van der Waals surface area (Å²) in [5.41, 5.74) is 0.841. The smallest absolute Gasteiger partial charge is 0.0811 e. The zero-order chi connectivity index (χ0) is 9.00. The molecule has 2 N–H and O–H groups in total. The van der Waals surface area contributed by atoms with Gasteiger partial charge in [-0.3, -0.25) is 0 Å². The first-order valence-electron chi connectivity index (χ1n) is 4.99. The Kier molecular flexibility index (Phi) is 1.47. The van der Waals surface area contributed by atoms with Crippen molar-refractivity contribution in [2.24, 2.45) is 23.7 Å². The summed E-state index contributed by atoms with van der Waals surface area (Å²) < 4.78 is 0. The SMILES string of the molecule is OCC1=C[C@H]2[C@@H]([C@@H]1O)[C@H]1C=C[C@@H]2C1. The van der Waals surface area contributed by atoms with E-state index in [0.717, 1.165) is 5.57 Å². The molecular formula is C11H14O2. The van der Waals surface area contributed by atoms with Gasteiger partial charge in [0.1, 0.15) is 0 Å². The van der Waals surface area contributed by atoms with Crippen LogP contribution < -0.4 is 0 Å². The van der Waals surface area contributed by atoms with Crippen LogP contribution in [0.3, 0.4) is 0 Å². The van der Waals surface area contributed by atoms with E-state index in [-0.39, 0.29) is 12.7 Å². The van der Waals surface area contributed by atoms with E-state index in [0.29, 0.717) is 23.7 Å². The summed E-state index contributed by atoms with van der Waals surface area (Å²) in [5.74, 6) is 2.07. The molecule has 0 heterocycles. The van der Waals surface area contributed by atoms with E-state index in [4.69, 9.17) is 5.11 Å². The van der Waals surface area contributed by atoms with Gasteiger partial charge in [-0.25, -0.2) is 0 Å². The number of aliphatic hydroxyl groups is 2. The van der Waals surface area contributed by atoms with E-state index in [1.807, 2.05) is 0 Å². The van der Waals surface area contributed by atoms with Crippen molar-refractivity contribution in [2.45, 2.75) is 12.5 Å². The summed E-state index contributed by atoms with van der Waals surface area (Å²) in [5, 5.41) is 19.0. The molecule has 0 aromatic rings. The summed E-state index contributed by atoms with van der Waals surface area (Å²) in [6, 6.07) is 0. The summed E-state index contributed by atoms with van der Waals surface area (Å²) in [7, 11) is 0. The number of rotatable bonds is 1. The second-order valence-electron chi connectivity index (χ2n) is 4.45. The molecule has 0 radical (unpaired) electrons. The van der Waals surface area contributed by atoms with Crippen LogP contribution in [0.25, 0.3) is 0 Å². The predicted molar refractivity (Wildman–Crippen MR) is 48.9 cm³/mol. The van der Waals surface area contributed by atoms with Crippen LogP contribution in [0, 0.1) is 23.7 Å². The van der Waals surface area contributed by atoms with Gasteiger partial charge in [0.2, 0.25) is 0 Å². The molecule has 2 nitrogen and oxygen atoms in total. The molecule has 3 rings (SSSR count). The van der Waals surface area contributed by atoms with Crippen molar-refractivity contribution >= 4 is 0 Å². The van der Waals surface area contributed by atoms with Crippen LogP contribution in [0.1, 0.15) is 6.42 Å². The van der Waals surface area contributed by atoms with Crippen LogP contribution >= 0.6 is 0 Å². The predicted octanol–water partition coefficient (Wildman–Crippen LogP) is 0.718. The Hall–Kier alpha value is -0.600. The minimum absolute atomic E-state index is 0.0214. The van der Waals surface area contributed by atoms with Crippen LogP contribution in [0.2, 0.25) is 0 Å². The molecule has 1 fully saturated rings. The quantitative estimate of drug-likeness (QED) is 0.581. The lowest BCUT2D eigenvalue weighted by Crippen LogP contribution is -2.26. The van der Waals surface area contributed by atoms with Crippen molar-refractivity contribution in [2.75, 3.05) is 6.61 Å². The van der Waals surface area contributed by atoms with Crippen LogP contribution in [-0.2, 0) is 0 Å². The van der Waals surface area contributed by atoms with Gasteiger partial charge in [-0.15, -0.1) is 0 Å². The van der Waals surface area contributed by atoms with Gasteiger partial charge in [0, 0.05) is 5.92 Å². The van der Waals surface area contributed by atoms with Gasteiger partial charge < -0.3 is 10.2 Å². The Labute approximate surface area is 77.6 Å². The first-order chi connectivity index (χ1) is 6.31. The molecule has 5 atom stereocenters. The van der Waals surface area contributed by atoms with Gasteiger partial charge in [-0.1, -0.05) is 18.2 Å². The second kappa shape index (κ2) is 2.46. The molecule has 1 saturated carbocycles. The van der Waals surface area contributed by atoms with Gasteiger partial charge in [0.05, 0.1) is 12.7 Å². The third-order valence-corrected chi connectivity index (χ3v) is 3.92. The zero-order valence-electron chi connectivity index (χ0n) is 7.43. The third kappa shape index (κ3) is 0.851. The van der Waals surface area contributed by atoms with E-state index in [1.165, 1.54) is 6.42 Å². The highest BCUT2D eigenvalue weighted by atomic mass is 16.3. The number of hydrogen-bond donors (Lipinski definition) is 2. The fraction of sp³-hybridized carbons (Fsp3) is 0.636. The average molecular weight is 178 g/mol. The molecule has 70 valence electrons. The average Bonchev–Trinajstić information content (AvgIpc) is 2.76. The second-order valence-corrected chi connectivity index (χ2v) is 4.45. The maximum Gasteiger partial charge on any atom is 0.0811 e. The monoisotopic (exact) mass is 178 g/mol. The molecule has 2 heteroatoms.